The predicted molar refractivity (Wildman–Crippen MR) is 129 cm³/mol. The zero-order valence-electron chi connectivity index (χ0n) is 19.5. The van der Waals surface area contributed by atoms with Gasteiger partial charge in [0, 0.05) is 46.3 Å². The molecule has 0 aliphatic carbocycles. The fourth-order valence-corrected chi connectivity index (χ4v) is 5.41. The minimum Gasteiger partial charge on any atom is -0.493 e. The van der Waals surface area contributed by atoms with Crippen LogP contribution in [0, 0.1) is 0 Å². The van der Waals surface area contributed by atoms with Crippen LogP contribution in [0.4, 0.5) is 5.69 Å². The molecule has 34 heavy (non-hydrogen) atoms. The lowest BCUT2D eigenvalue weighted by Crippen LogP contribution is -2.46. The molecule has 178 valence electrons. The number of aromatic amines is 1. The summed E-state index contributed by atoms with van der Waals surface area (Å²) in [7, 11) is 4.50. The number of methoxy groups -OCH3 is 3. The fourth-order valence-electron chi connectivity index (χ4n) is 5.24. The van der Waals surface area contributed by atoms with E-state index in [9.17, 15) is 9.59 Å². The summed E-state index contributed by atoms with van der Waals surface area (Å²) in [6.45, 7) is 2.73. The maximum atomic E-state index is 13.6. The summed E-state index contributed by atoms with van der Waals surface area (Å²) in [6.07, 6.45) is 0.878. The lowest BCUT2D eigenvalue weighted by Gasteiger charge is -2.36. The Labute approximate surface area is 202 Å². The lowest BCUT2D eigenvalue weighted by atomic mass is 9.96. The molecule has 3 heterocycles. The topological polar surface area (TPSA) is 84.1 Å². The van der Waals surface area contributed by atoms with Crippen LogP contribution < -0.4 is 19.1 Å². The molecule has 2 aliphatic rings. The van der Waals surface area contributed by atoms with Gasteiger partial charge in [-0.15, -0.1) is 0 Å². The van der Waals surface area contributed by atoms with E-state index in [4.69, 9.17) is 25.8 Å². The number of carbonyl (C=O) groups excluding carboxylic acids is 2. The van der Waals surface area contributed by atoms with Crippen molar-refractivity contribution in [2.45, 2.75) is 31.8 Å². The van der Waals surface area contributed by atoms with Gasteiger partial charge in [-0.3, -0.25) is 14.5 Å². The number of benzene rings is 2. The van der Waals surface area contributed by atoms with Crippen LogP contribution in [0.3, 0.4) is 0 Å². The first kappa shape index (κ1) is 22.6. The van der Waals surface area contributed by atoms with Crippen LogP contribution in [-0.2, 0) is 16.0 Å². The number of amides is 2. The summed E-state index contributed by atoms with van der Waals surface area (Å²) in [5.41, 5.74) is 3.71. The predicted octanol–water partition coefficient (Wildman–Crippen LogP) is 4.10. The molecule has 1 fully saturated rings. The quantitative estimate of drug-likeness (QED) is 0.550. The first-order chi connectivity index (χ1) is 16.4. The summed E-state index contributed by atoms with van der Waals surface area (Å²) in [5, 5.41) is 1.81. The number of halogens is 1. The smallest absolute Gasteiger partial charge is 0.251 e. The average molecular weight is 484 g/mol. The molecule has 0 saturated carbocycles. The van der Waals surface area contributed by atoms with Gasteiger partial charge in [-0.1, -0.05) is 11.6 Å². The molecule has 5 rings (SSSR count). The number of nitrogens with zero attached hydrogens (tertiary/aromatic N) is 2. The van der Waals surface area contributed by atoms with E-state index in [1.165, 1.54) is 31.8 Å². The molecular formula is C25H26ClN3O5. The molecule has 3 aromatic rings. The van der Waals surface area contributed by atoms with Crippen molar-refractivity contribution in [1.82, 2.24) is 9.88 Å². The number of carbonyl (C=O) groups is 2. The number of rotatable bonds is 5. The van der Waals surface area contributed by atoms with Crippen LogP contribution in [0.1, 0.15) is 30.6 Å². The van der Waals surface area contributed by atoms with Crippen molar-refractivity contribution in [1.29, 1.82) is 0 Å². The van der Waals surface area contributed by atoms with Gasteiger partial charge in [0.05, 0.1) is 39.5 Å². The summed E-state index contributed by atoms with van der Waals surface area (Å²) in [4.78, 5) is 33.5. The number of aromatic nitrogens is 1. The first-order valence-electron chi connectivity index (χ1n) is 11.1. The number of ether oxygens (including phenoxy) is 3. The molecule has 1 N–H and O–H groups in total. The Hall–Kier alpha value is -3.23. The highest BCUT2D eigenvalue weighted by atomic mass is 35.5. The highest BCUT2D eigenvalue weighted by molar-refractivity contribution is 6.31. The third kappa shape index (κ3) is 3.40. The maximum Gasteiger partial charge on any atom is 0.251 e. The number of imide groups is 1. The van der Waals surface area contributed by atoms with Gasteiger partial charge in [0.15, 0.2) is 11.5 Å². The Morgan fingerprint density at radius 3 is 2.38 bits per heavy atom. The molecular weight excluding hydrogens is 458 g/mol. The summed E-state index contributed by atoms with van der Waals surface area (Å²) < 4.78 is 16.2. The SMILES string of the molecule is COc1cc(N2C(=O)CC(N3CCc4c([nH]c5ccc(Cl)cc45)C3C)C2=O)cc(OC)c1OC. The van der Waals surface area contributed by atoms with Gasteiger partial charge in [-0.05, 0) is 37.1 Å². The third-order valence-electron chi connectivity index (χ3n) is 6.87. The van der Waals surface area contributed by atoms with E-state index in [0.717, 1.165) is 23.0 Å². The van der Waals surface area contributed by atoms with Gasteiger partial charge in [0.25, 0.3) is 5.91 Å². The second-order valence-corrected chi connectivity index (χ2v) is 8.98. The van der Waals surface area contributed by atoms with Crippen LogP contribution in [0.25, 0.3) is 10.9 Å². The highest BCUT2D eigenvalue weighted by Crippen LogP contribution is 2.43. The zero-order chi connectivity index (χ0) is 24.1. The normalized spacial score (nSPS) is 20.7. The van der Waals surface area contributed by atoms with E-state index in [1.54, 1.807) is 12.1 Å². The minimum atomic E-state index is -0.551. The number of H-pyrrole nitrogens is 1. The molecule has 2 atom stereocenters. The van der Waals surface area contributed by atoms with Gasteiger partial charge in [0.2, 0.25) is 11.7 Å². The maximum absolute atomic E-state index is 13.6. The summed E-state index contributed by atoms with van der Waals surface area (Å²) in [6, 6.07) is 8.45. The van der Waals surface area contributed by atoms with E-state index in [1.807, 2.05) is 18.2 Å². The largest absolute Gasteiger partial charge is 0.493 e. The van der Waals surface area contributed by atoms with E-state index in [-0.39, 0.29) is 24.3 Å². The van der Waals surface area contributed by atoms with Crippen LogP contribution in [-0.4, -0.2) is 55.6 Å². The first-order valence-corrected chi connectivity index (χ1v) is 11.5. The Kier molecular flexibility index (Phi) is 5.65. The van der Waals surface area contributed by atoms with Gasteiger partial charge < -0.3 is 19.2 Å². The second-order valence-electron chi connectivity index (χ2n) is 8.54. The van der Waals surface area contributed by atoms with Crippen molar-refractivity contribution in [2.75, 3.05) is 32.8 Å². The molecule has 1 aromatic heterocycles. The van der Waals surface area contributed by atoms with E-state index in [0.29, 0.717) is 34.5 Å². The van der Waals surface area contributed by atoms with Crippen molar-refractivity contribution in [3.05, 3.63) is 46.6 Å². The molecule has 2 aromatic carbocycles. The summed E-state index contributed by atoms with van der Waals surface area (Å²) >= 11 is 6.22. The number of nitrogens with one attached hydrogen (secondary N) is 1. The van der Waals surface area contributed by atoms with E-state index < -0.39 is 6.04 Å². The third-order valence-corrected chi connectivity index (χ3v) is 7.10. The molecule has 8 nitrogen and oxygen atoms in total. The second kappa shape index (κ2) is 8.52. The number of hydrogen-bond donors (Lipinski definition) is 1. The van der Waals surface area contributed by atoms with Crippen LogP contribution >= 0.6 is 11.6 Å². The average Bonchev–Trinajstić information content (AvgIpc) is 3.35. The lowest BCUT2D eigenvalue weighted by molar-refractivity contribution is -0.123. The van der Waals surface area contributed by atoms with Crippen molar-refractivity contribution in [3.63, 3.8) is 0 Å². The monoisotopic (exact) mass is 483 g/mol. The summed E-state index contributed by atoms with van der Waals surface area (Å²) in [5.74, 6) is 0.655. The van der Waals surface area contributed by atoms with Gasteiger partial charge in [0.1, 0.15) is 0 Å². The fraction of sp³-hybridized carbons (Fsp3) is 0.360. The molecule has 1 saturated heterocycles. The molecule has 0 bridgehead atoms. The van der Waals surface area contributed by atoms with Crippen LogP contribution in [0.2, 0.25) is 5.02 Å². The van der Waals surface area contributed by atoms with Gasteiger partial charge in [-0.2, -0.15) is 0 Å². The minimum absolute atomic E-state index is 0.0587. The van der Waals surface area contributed by atoms with E-state index in [2.05, 4.69) is 16.8 Å². The zero-order valence-corrected chi connectivity index (χ0v) is 20.2. The number of fused-ring (bicyclic) bond motifs is 3. The van der Waals surface area contributed by atoms with E-state index >= 15 is 0 Å². The van der Waals surface area contributed by atoms with Crippen molar-refractivity contribution >= 4 is 40.0 Å². The Bertz CT molecular complexity index is 1280. The molecule has 9 heteroatoms. The van der Waals surface area contributed by atoms with Crippen LogP contribution in [0.5, 0.6) is 17.2 Å². The van der Waals surface area contributed by atoms with Crippen molar-refractivity contribution in [2.24, 2.45) is 0 Å². The molecule has 0 radical (unpaired) electrons. The standard InChI is InChI=1S/C25H26ClN3O5/c1-13-23-16(17-9-14(26)5-6-18(17)27-23)7-8-28(13)19-12-22(30)29(25(19)31)15-10-20(32-2)24(34-4)21(11-15)33-3/h5-6,9-11,13,19,27H,7-8,12H2,1-4H3. The molecule has 2 amide bonds. The highest BCUT2D eigenvalue weighted by Gasteiger charge is 2.46. The molecule has 2 aliphatic heterocycles. The van der Waals surface area contributed by atoms with Crippen molar-refractivity contribution in [3.8, 4) is 17.2 Å². The van der Waals surface area contributed by atoms with Crippen molar-refractivity contribution < 1.29 is 23.8 Å². The Morgan fingerprint density at radius 1 is 1.03 bits per heavy atom. The number of hydrogen-bond acceptors (Lipinski definition) is 6. The Morgan fingerprint density at radius 2 is 1.74 bits per heavy atom. The van der Waals surface area contributed by atoms with Gasteiger partial charge >= 0.3 is 0 Å². The number of anilines is 1. The molecule has 2 unspecified atom stereocenters. The van der Waals surface area contributed by atoms with Gasteiger partial charge in [-0.25, -0.2) is 4.90 Å². The molecule has 0 spiro atoms. The van der Waals surface area contributed by atoms with Crippen LogP contribution in [0.15, 0.2) is 30.3 Å². The Balaban J connectivity index is 1.47.